The Hall–Kier alpha value is -0.446. The van der Waals surface area contributed by atoms with E-state index in [0.29, 0.717) is 0 Å². The molecule has 137 valence electrons. The van der Waals surface area contributed by atoms with Crippen LogP contribution in [0.1, 0.15) is 50.7 Å². The van der Waals surface area contributed by atoms with Gasteiger partial charge in [-0.15, -0.1) is 0 Å². The van der Waals surface area contributed by atoms with E-state index >= 15 is 0 Å². The zero-order chi connectivity index (χ0) is 17.7. The number of amides is 1. The van der Waals surface area contributed by atoms with E-state index in [1.54, 1.807) is 7.11 Å². The molecule has 1 heterocycles. The normalized spacial score (nSPS) is 16.8. The molecule has 25 heavy (non-hydrogen) atoms. The first-order chi connectivity index (χ1) is 11.5. The number of hydrogen-bond donors (Lipinski definition) is 1. The van der Waals surface area contributed by atoms with Crippen molar-refractivity contribution in [3.8, 4) is 5.75 Å². The van der Waals surface area contributed by atoms with Crippen molar-refractivity contribution in [2.75, 3.05) is 32.1 Å². The van der Waals surface area contributed by atoms with Crippen molar-refractivity contribution < 1.29 is 46.7 Å². The molecule has 1 saturated heterocycles. The molecule has 1 amide bonds. The molecule has 2 rings (SSSR count). The summed E-state index contributed by atoms with van der Waals surface area (Å²) in [6.45, 7) is 11.8. The second-order valence-electron chi connectivity index (χ2n) is 7.12. The molecule has 1 aromatic carbocycles. The maximum absolute atomic E-state index is 13.2. The Labute approximate surface area is 178 Å². The summed E-state index contributed by atoms with van der Waals surface area (Å²) in [6, 6.07) is 4.03. The van der Waals surface area contributed by atoms with E-state index in [-0.39, 0.29) is 44.7 Å². The molecule has 1 unspecified atom stereocenters. The van der Waals surface area contributed by atoms with Crippen molar-refractivity contribution in [1.29, 1.82) is 0 Å². The number of likely N-dealkylation sites (N-methyl/N-ethyl adjacent to an activating group) is 1. The van der Waals surface area contributed by atoms with Crippen molar-refractivity contribution in [2.45, 2.75) is 59.4 Å². The minimum atomic E-state index is 0. The number of carbonyl (C=O) groups is 1. The summed E-state index contributed by atoms with van der Waals surface area (Å²) in [5, 5.41) is 3.24. The van der Waals surface area contributed by atoms with Gasteiger partial charge in [0.05, 0.1) is 26.7 Å². The van der Waals surface area contributed by atoms with Crippen LogP contribution in [0.3, 0.4) is 0 Å². The molecule has 1 aliphatic rings. The van der Waals surface area contributed by atoms with Crippen LogP contribution in [0.2, 0.25) is 0 Å². The summed E-state index contributed by atoms with van der Waals surface area (Å²) in [7, 11) is 1.67. The second kappa shape index (κ2) is 10.0. The summed E-state index contributed by atoms with van der Waals surface area (Å²) in [4.78, 5) is 13.2. The number of aryl methyl sites for hydroxylation is 2. The largest absolute Gasteiger partial charge is 0.497 e. The molecule has 1 aliphatic heterocycles. The van der Waals surface area contributed by atoms with Gasteiger partial charge in [-0.1, -0.05) is 6.92 Å². The monoisotopic (exact) mass is 422 g/mol. The van der Waals surface area contributed by atoms with Crippen LogP contribution in [-0.2, 0) is 37.5 Å². The summed E-state index contributed by atoms with van der Waals surface area (Å²) in [5.74, 6) is 1.02. The predicted octanol–water partition coefficient (Wildman–Crippen LogP) is 4.05. The molecule has 0 aliphatic carbocycles. The van der Waals surface area contributed by atoms with Gasteiger partial charge >= 0.3 is 0 Å². The zero-order valence-corrected chi connectivity index (χ0v) is 19.4. The topological polar surface area (TPSA) is 38.3 Å². The van der Waals surface area contributed by atoms with Crippen LogP contribution in [0.25, 0.3) is 0 Å². The van der Waals surface area contributed by atoms with Crippen LogP contribution in [0.15, 0.2) is 12.1 Å². The van der Waals surface area contributed by atoms with Gasteiger partial charge in [0.15, 0.2) is 6.04 Å². The van der Waals surface area contributed by atoms with E-state index < -0.39 is 0 Å². The van der Waals surface area contributed by atoms with Gasteiger partial charge in [0.25, 0.3) is 5.91 Å². The van der Waals surface area contributed by atoms with Crippen molar-refractivity contribution in [1.82, 2.24) is 0 Å². The third-order valence-electron chi connectivity index (χ3n) is 5.60. The van der Waals surface area contributed by atoms with Gasteiger partial charge in [-0.3, -0.25) is 4.79 Å². The van der Waals surface area contributed by atoms with E-state index in [1.807, 2.05) is 26.0 Å². The Kier molecular flexibility index (Phi) is 9.07. The van der Waals surface area contributed by atoms with E-state index in [4.69, 9.17) is 4.74 Å². The van der Waals surface area contributed by atoms with Crippen molar-refractivity contribution in [3.05, 3.63) is 23.3 Å². The summed E-state index contributed by atoms with van der Waals surface area (Å²) >= 11 is 0. The number of anilines is 1. The molecule has 4 nitrogen and oxygen atoms in total. The number of carbonyl (C=O) groups excluding carboxylic acids is 1. The summed E-state index contributed by atoms with van der Waals surface area (Å²) in [6.07, 6.45) is 4.47. The third-order valence-corrected chi connectivity index (χ3v) is 5.60. The van der Waals surface area contributed by atoms with Crippen molar-refractivity contribution >= 4 is 11.6 Å². The fourth-order valence-electron chi connectivity index (χ4n) is 4.19. The fourth-order valence-corrected chi connectivity index (χ4v) is 4.19. The first-order valence-corrected chi connectivity index (χ1v) is 9.29. The number of benzene rings is 1. The molecule has 1 aromatic rings. The Bertz CT molecular complexity index is 560. The second-order valence-corrected chi connectivity index (χ2v) is 7.12. The van der Waals surface area contributed by atoms with Crippen LogP contribution in [0, 0.1) is 13.8 Å². The van der Waals surface area contributed by atoms with Crippen LogP contribution >= 0.6 is 0 Å². The van der Waals surface area contributed by atoms with Gasteiger partial charge in [0, 0.05) is 57.7 Å². The predicted molar refractivity (Wildman–Crippen MR) is 99.6 cm³/mol. The molecule has 0 spiro atoms. The van der Waals surface area contributed by atoms with E-state index in [9.17, 15) is 4.79 Å². The molecule has 5 heteroatoms. The number of methoxy groups -OCH3 is 1. The summed E-state index contributed by atoms with van der Waals surface area (Å²) < 4.78 is 6.27. The quantitative estimate of drug-likeness (QED) is 0.674. The Morgan fingerprint density at radius 2 is 1.76 bits per heavy atom. The molecule has 1 radical (unpaired) electrons. The van der Waals surface area contributed by atoms with Gasteiger partial charge in [-0.05, 0) is 50.5 Å². The smallest absolute Gasteiger partial charge is 0.282 e. The fraction of sp³-hybridized carbons (Fsp3) is 0.650. The van der Waals surface area contributed by atoms with Gasteiger partial charge in [-0.2, -0.15) is 0 Å². The van der Waals surface area contributed by atoms with Crippen molar-refractivity contribution in [2.24, 2.45) is 0 Å². The number of ether oxygens (including phenoxy) is 1. The van der Waals surface area contributed by atoms with Crippen LogP contribution < -0.4 is 10.1 Å². The van der Waals surface area contributed by atoms with Gasteiger partial charge in [0.2, 0.25) is 0 Å². The van der Waals surface area contributed by atoms with E-state index in [0.717, 1.165) is 59.5 Å². The maximum atomic E-state index is 13.2. The Morgan fingerprint density at radius 1 is 1.20 bits per heavy atom. The number of quaternary nitrogens is 1. The molecule has 0 aromatic heterocycles. The van der Waals surface area contributed by atoms with E-state index in [1.165, 1.54) is 12.8 Å². The average molecular weight is 422 g/mol. The molecule has 1 atom stereocenters. The van der Waals surface area contributed by atoms with Crippen LogP contribution in [0.5, 0.6) is 5.75 Å². The number of rotatable bonds is 7. The van der Waals surface area contributed by atoms with Crippen LogP contribution in [0.4, 0.5) is 5.69 Å². The summed E-state index contributed by atoms with van der Waals surface area (Å²) in [5.41, 5.74) is 3.05. The minimum absolute atomic E-state index is 0. The molecule has 0 bridgehead atoms. The van der Waals surface area contributed by atoms with E-state index in [2.05, 4.69) is 19.2 Å². The SMILES string of the molecule is CCCC(C(=O)Nc1c(C)cc(OC)cc1C)[N+]1(CC)CCCC1.[Y]. The maximum Gasteiger partial charge on any atom is 0.282 e. The molecular formula is C20H33N2O2Y+. The molecule has 0 saturated carbocycles. The first-order valence-electron chi connectivity index (χ1n) is 9.29. The number of likely N-dealkylation sites (tertiary alicyclic amines) is 1. The Balaban J connectivity index is 0.00000312. The standard InChI is InChI=1S/C20H32N2O2.Y/c1-6-10-18(22(7-2)11-8-9-12-22)20(23)21-19-15(3)13-17(24-5)14-16(19)4;/h13-14,18H,6-12H2,1-5H3;/p+1. The number of hydrogen-bond acceptors (Lipinski definition) is 2. The zero-order valence-electron chi connectivity index (χ0n) is 16.5. The number of nitrogens with one attached hydrogen (secondary N) is 1. The van der Waals surface area contributed by atoms with Crippen LogP contribution in [-0.4, -0.2) is 43.2 Å². The average Bonchev–Trinajstić information content (AvgIpc) is 3.05. The van der Waals surface area contributed by atoms with Gasteiger partial charge < -0.3 is 14.5 Å². The van der Waals surface area contributed by atoms with Crippen molar-refractivity contribution in [3.63, 3.8) is 0 Å². The molecule has 1 N–H and O–H groups in total. The first kappa shape index (κ1) is 22.6. The molecule has 1 fully saturated rings. The third kappa shape index (κ3) is 5.05. The Morgan fingerprint density at radius 3 is 2.20 bits per heavy atom. The number of nitrogens with zero attached hydrogens (tertiary/aromatic N) is 1. The minimum Gasteiger partial charge on any atom is -0.497 e. The van der Waals surface area contributed by atoms with Gasteiger partial charge in [-0.25, -0.2) is 0 Å². The van der Waals surface area contributed by atoms with Gasteiger partial charge in [0.1, 0.15) is 5.75 Å². The molecular weight excluding hydrogens is 389 g/mol.